The van der Waals surface area contributed by atoms with Crippen LogP contribution in [0.25, 0.3) is 10.2 Å². The maximum Gasteiger partial charge on any atom is 0.264 e. The molecule has 1 saturated heterocycles. The number of likely N-dealkylation sites (tertiary alicyclic amines) is 1. The molecule has 6 heteroatoms. The van der Waals surface area contributed by atoms with Crippen LogP contribution in [0.3, 0.4) is 0 Å². The first-order valence-corrected chi connectivity index (χ1v) is 8.72. The summed E-state index contributed by atoms with van der Waals surface area (Å²) in [5, 5.41) is 0.573. The molecule has 1 atom stereocenters. The summed E-state index contributed by atoms with van der Waals surface area (Å²) in [6, 6.07) is 0.232. The van der Waals surface area contributed by atoms with Crippen LogP contribution in [0, 0.1) is 18.3 Å². The Morgan fingerprint density at radius 3 is 2.65 bits per heavy atom. The van der Waals surface area contributed by atoms with Crippen LogP contribution in [0.4, 0.5) is 0 Å². The molecule has 2 aromatic heterocycles. The molecule has 5 nitrogen and oxygen atoms in total. The quantitative estimate of drug-likeness (QED) is 0.849. The highest BCUT2D eigenvalue weighted by Crippen LogP contribution is 2.43. The Morgan fingerprint density at radius 1 is 1.43 bits per heavy atom. The highest BCUT2D eigenvalue weighted by atomic mass is 32.1. The number of aryl methyl sites for hydroxylation is 2. The predicted molar refractivity (Wildman–Crippen MR) is 93.0 cm³/mol. The number of fused-ring (bicyclic) bond motifs is 1. The van der Waals surface area contributed by atoms with Gasteiger partial charge in [0.25, 0.3) is 11.5 Å². The van der Waals surface area contributed by atoms with E-state index in [0.717, 1.165) is 12.1 Å². The largest absolute Gasteiger partial charge is 0.333 e. The lowest BCUT2D eigenvalue weighted by Crippen LogP contribution is -2.65. The molecular weight excluding hydrogens is 310 g/mol. The number of carbonyl (C=O) groups excluding carboxylic acids is 1. The van der Waals surface area contributed by atoms with Gasteiger partial charge in [-0.3, -0.25) is 9.59 Å². The first kappa shape index (κ1) is 16.2. The van der Waals surface area contributed by atoms with E-state index in [9.17, 15) is 9.59 Å². The third-order valence-corrected chi connectivity index (χ3v) is 6.00. The minimum absolute atomic E-state index is 0.0329. The Kier molecular flexibility index (Phi) is 3.63. The molecule has 0 radical (unpaired) electrons. The smallest absolute Gasteiger partial charge is 0.264 e. The molecule has 0 aromatic carbocycles. The van der Waals surface area contributed by atoms with Crippen molar-refractivity contribution < 1.29 is 4.79 Å². The van der Waals surface area contributed by atoms with Gasteiger partial charge in [0.1, 0.15) is 4.83 Å². The summed E-state index contributed by atoms with van der Waals surface area (Å²) in [6.07, 6.45) is 1.51. The molecule has 0 spiro atoms. The van der Waals surface area contributed by atoms with Gasteiger partial charge in [-0.2, -0.15) is 0 Å². The molecule has 1 unspecified atom stereocenters. The second-order valence-electron chi connectivity index (χ2n) is 7.51. The molecule has 1 fully saturated rings. The lowest BCUT2D eigenvalue weighted by molar-refractivity contribution is -0.0516. The van der Waals surface area contributed by atoms with E-state index in [1.165, 1.54) is 22.2 Å². The molecule has 3 heterocycles. The van der Waals surface area contributed by atoms with E-state index in [1.54, 1.807) is 7.05 Å². The lowest BCUT2D eigenvalue weighted by atomic mass is 9.70. The Bertz CT molecular complexity index is 847. The Morgan fingerprint density at radius 2 is 2.09 bits per heavy atom. The summed E-state index contributed by atoms with van der Waals surface area (Å²) in [6.45, 7) is 11.3. The second kappa shape index (κ2) is 5.16. The molecular formula is C17H23N3O2S. The third kappa shape index (κ3) is 2.31. The van der Waals surface area contributed by atoms with E-state index in [1.807, 2.05) is 11.8 Å². The van der Waals surface area contributed by atoms with E-state index in [-0.39, 0.29) is 22.9 Å². The van der Waals surface area contributed by atoms with Gasteiger partial charge < -0.3 is 9.47 Å². The molecule has 2 aromatic rings. The van der Waals surface area contributed by atoms with Gasteiger partial charge >= 0.3 is 0 Å². The summed E-state index contributed by atoms with van der Waals surface area (Å²) in [5.41, 5.74) is 0.811. The lowest BCUT2D eigenvalue weighted by Gasteiger charge is -2.56. The standard InChI is InChI=1S/C17H23N3O2S/c1-9(2)13-17(4,5)7-20(13)16(22)12-10(3)11-14(23-12)18-8-19(6)15(11)21/h8-9,13H,7H2,1-6H3. The van der Waals surface area contributed by atoms with Gasteiger partial charge in [0.05, 0.1) is 16.6 Å². The average molecular weight is 333 g/mol. The SMILES string of the molecule is Cc1c(C(=O)N2CC(C)(C)C2C(C)C)sc2ncn(C)c(=O)c12. The van der Waals surface area contributed by atoms with Gasteiger partial charge in [0, 0.05) is 25.0 Å². The summed E-state index contributed by atoms with van der Waals surface area (Å²) in [4.78, 5) is 32.9. The van der Waals surface area contributed by atoms with Gasteiger partial charge in [0.2, 0.25) is 0 Å². The fourth-order valence-electron chi connectivity index (χ4n) is 3.94. The predicted octanol–water partition coefficient (Wildman–Crippen LogP) is 2.81. The zero-order valence-electron chi connectivity index (χ0n) is 14.5. The van der Waals surface area contributed by atoms with Crippen molar-refractivity contribution in [1.29, 1.82) is 0 Å². The van der Waals surface area contributed by atoms with Gasteiger partial charge in [-0.25, -0.2) is 4.98 Å². The van der Waals surface area contributed by atoms with Crippen LogP contribution >= 0.6 is 11.3 Å². The van der Waals surface area contributed by atoms with Crippen molar-refractivity contribution in [3.05, 3.63) is 27.1 Å². The Balaban J connectivity index is 2.05. The van der Waals surface area contributed by atoms with Crippen molar-refractivity contribution in [2.75, 3.05) is 6.54 Å². The Hall–Kier alpha value is -1.69. The van der Waals surface area contributed by atoms with Gasteiger partial charge in [-0.1, -0.05) is 27.7 Å². The van der Waals surface area contributed by atoms with Gasteiger partial charge in [-0.15, -0.1) is 11.3 Å². The molecule has 1 aliphatic rings. The number of carbonyl (C=O) groups is 1. The topological polar surface area (TPSA) is 55.2 Å². The van der Waals surface area contributed by atoms with Crippen LogP contribution in [0.5, 0.6) is 0 Å². The minimum atomic E-state index is -0.0906. The number of hydrogen-bond donors (Lipinski definition) is 0. The van der Waals surface area contributed by atoms with Crippen LogP contribution in [-0.2, 0) is 7.05 Å². The molecule has 0 bridgehead atoms. The number of rotatable bonds is 2. The second-order valence-corrected chi connectivity index (χ2v) is 8.51. The van der Waals surface area contributed by atoms with E-state index in [2.05, 4.69) is 32.7 Å². The van der Waals surface area contributed by atoms with Crippen LogP contribution in [0.15, 0.2) is 11.1 Å². The van der Waals surface area contributed by atoms with Crippen LogP contribution < -0.4 is 5.56 Å². The van der Waals surface area contributed by atoms with Crippen molar-refractivity contribution in [2.24, 2.45) is 18.4 Å². The average Bonchev–Trinajstić information content (AvgIpc) is 2.77. The summed E-state index contributed by atoms with van der Waals surface area (Å²) >= 11 is 1.33. The number of amides is 1. The molecule has 0 aliphatic carbocycles. The van der Waals surface area contributed by atoms with Crippen LogP contribution in [0.1, 0.15) is 42.9 Å². The fourth-order valence-corrected chi connectivity index (χ4v) is 5.04. The zero-order chi connectivity index (χ0) is 17.1. The van der Waals surface area contributed by atoms with Crippen molar-refractivity contribution in [3.8, 4) is 0 Å². The normalized spacial score (nSPS) is 20.1. The molecule has 1 amide bonds. The summed E-state index contributed by atoms with van der Waals surface area (Å²) < 4.78 is 1.46. The molecule has 124 valence electrons. The van der Waals surface area contributed by atoms with Gasteiger partial charge in [0.15, 0.2) is 0 Å². The van der Waals surface area contributed by atoms with Gasteiger partial charge in [-0.05, 0) is 18.4 Å². The minimum Gasteiger partial charge on any atom is -0.333 e. The number of aromatic nitrogens is 2. The molecule has 3 rings (SSSR count). The van der Waals surface area contributed by atoms with E-state index in [0.29, 0.717) is 21.0 Å². The van der Waals surface area contributed by atoms with E-state index in [4.69, 9.17) is 0 Å². The maximum atomic E-state index is 13.0. The highest BCUT2D eigenvalue weighted by Gasteiger charge is 2.49. The third-order valence-electron chi connectivity index (χ3n) is 4.81. The van der Waals surface area contributed by atoms with Crippen molar-refractivity contribution in [3.63, 3.8) is 0 Å². The summed E-state index contributed by atoms with van der Waals surface area (Å²) in [5.74, 6) is 0.439. The fraction of sp³-hybridized carbons (Fsp3) is 0.588. The first-order chi connectivity index (χ1) is 10.6. The van der Waals surface area contributed by atoms with Crippen molar-refractivity contribution in [1.82, 2.24) is 14.5 Å². The molecule has 1 aliphatic heterocycles. The molecule has 0 N–H and O–H groups in total. The maximum absolute atomic E-state index is 13.0. The van der Waals surface area contributed by atoms with Crippen LogP contribution in [0.2, 0.25) is 0 Å². The van der Waals surface area contributed by atoms with E-state index >= 15 is 0 Å². The zero-order valence-corrected chi connectivity index (χ0v) is 15.3. The highest BCUT2D eigenvalue weighted by molar-refractivity contribution is 7.20. The molecule has 23 heavy (non-hydrogen) atoms. The van der Waals surface area contributed by atoms with Crippen molar-refractivity contribution in [2.45, 2.75) is 40.7 Å². The van der Waals surface area contributed by atoms with E-state index < -0.39 is 0 Å². The first-order valence-electron chi connectivity index (χ1n) is 7.91. The van der Waals surface area contributed by atoms with Crippen molar-refractivity contribution >= 4 is 27.5 Å². The van der Waals surface area contributed by atoms with Crippen LogP contribution in [-0.4, -0.2) is 32.9 Å². The number of thiophene rings is 1. The Labute approximate surface area is 139 Å². The monoisotopic (exact) mass is 333 g/mol. The molecule has 0 saturated carbocycles. The number of hydrogen-bond acceptors (Lipinski definition) is 4. The summed E-state index contributed by atoms with van der Waals surface area (Å²) in [7, 11) is 1.68. The number of nitrogens with zero attached hydrogens (tertiary/aromatic N) is 3.